The summed E-state index contributed by atoms with van der Waals surface area (Å²) in [5, 5.41) is 13.2. The summed E-state index contributed by atoms with van der Waals surface area (Å²) in [5.41, 5.74) is 9.09. The Morgan fingerprint density at radius 2 is 1.84 bits per heavy atom. The van der Waals surface area contributed by atoms with Crippen molar-refractivity contribution in [3.63, 3.8) is 0 Å². The molecular formula is C33H32N2O2. The number of phenols is 1. The monoisotopic (exact) mass is 488 g/mol. The Morgan fingerprint density at radius 1 is 1.03 bits per heavy atom. The summed E-state index contributed by atoms with van der Waals surface area (Å²) >= 11 is 0. The first kappa shape index (κ1) is 21.6. The number of phenolic OH excluding ortho intramolecular Hbond substituents is 1. The highest BCUT2D eigenvalue weighted by molar-refractivity contribution is 5.87. The second kappa shape index (κ2) is 7.29. The van der Waals surface area contributed by atoms with Gasteiger partial charge in [-0.15, -0.1) is 0 Å². The fraction of sp³-hybridized carbons (Fsp3) is 0.333. The summed E-state index contributed by atoms with van der Waals surface area (Å²) in [6.07, 6.45) is 6.52. The number of rotatable bonds is 2. The minimum atomic E-state index is -0.176. The molecule has 3 aliphatic carbocycles. The number of nitrogens with zero attached hydrogens (tertiary/aromatic N) is 1. The summed E-state index contributed by atoms with van der Waals surface area (Å²) in [4.78, 5) is 6.53. The van der Waals surface area contributed by atoms with Gasteiger partial charge in [0, 0.05) is 45.0 Å². The number of allylic oxidation sites excluding steroid dienone is 1. The van der Waals surface area contributed by atoms with Crippen LogP contribution < -0.4 is 4.74 Å². The van der Waals surface area contributed by atoms with Gasteiger partial charge in [0.2, 0.25) is 0 Å². The van der Waals surface area contributed by atoms with Gasteiger partial charge in [0.25, 0.3) is 0 Å². The smallest absolute Gasteiger partial charge is 0.161 e. The minimum Gasteiger partial charge on any atom is -0.504 e. The van der Waals surface area contributed by atoms with Crippen molar-refractivity contribution < 1.29 is 9.84 Å². The molecule has 1 saturated carbocycles. The molecule has 0 amide bonds. The Labute approximate surface area is 217 Å². The number of methoxy groups -OCH3 is 1. The van der Waals surface area contributed by atoms with Crippen LogP contribution >= 0.6 is 0 Å². The SMILES string of the molecule is COc1ccc2c(c1O)[C@]13CCN(C)[C@H](C2)[C@@]12C/C(=C\c1ccccc1)[C@@H]3c1[nH]c3ccccc3c1C2. The molecule has 0 radical (unpaired) electrons. The number of aromatic amines is 1. The lowest BCUT2D eigenvalue weighted by atomic mass is 9.44. The number of ether oxygens (including phenoxy) is 1. The zero-order valence-corrected chi connectivity index (χ0v) is 21.4. The number of hydrogen-bond donors (Lipinski definition) is 2. The third kappa shape index (κ3) is 2.52. The predicted molar refractivity (Wildman–Crippen MR) is 147 cm³/mol. The van der Waals surface area contributed by atoms with Crippen molar-refractivity contribution in [2.45, 2.75) is 43.1 Å². The molecule has 4 aromatic rings. The summed E-state index contributed by atoms with van der Waals surface area (Å²) in [6, 6.07) is 24.2. The van der Waals surface area contributed by atoms with E-state index in [-0.39, 0.29) is 16.7 Å². The van der Waals surface area contributed by atoms with Crippen molar-refractivity contribution in [1.29, 1.82) is 0 Å². The first-order chi connectivity index (χ1) is 18.1. The van der Waals surface area contributed by atoms with Gasteiger partial charge < -0.3 is 19.7 Å². The van der Waals surface area contributed by atoms with Gasteiger partial charge in [-0.05, 0) is 68.1 Å². The van der Waals surface area contributed by atoms with E-state index in [0.717, 1.165) is 37.8 Å². The van der Waals surface area contributed by atoms with E-state index >= 15 is 0 Å². The number of likely N-dealkylation sites (tertiary alicyclic amines) is 1. The van der Waals surface area contributed by atoms with Gasteiger partial charge in [0.05, 0.1) is 7.11 Å². The number of para-hydroxylation sites is 1. The minimum absolute atomic E-state index is 0.0140. The topological polar surface area (TPSA) is 48.5 Å². The molecule has 1 saturated heterocycles. The molecule has 2 N–H and O–H groups in total. The summed E-state index contributed by atoms with van der Waals surface area (Å²) < 4.78 is 5.69. The fourth-order valence-corrected chi connectivity index (χ4v) is 9.13. The molecule has 4 bridgehead atoms. The van der Waals surface area contributed by atoms with Gasteiger partial charge in [-0.2, -0.15) is 0 Å². The van der Waals surface area contributed by atoms with Crippen LogP contribution in [0.1, 0.15) is 46.7 Å². The van der Waals surface area contributed by atoms with Crippen LogP contribution in [0.2, 0.25) is 0 Å². The Kier molecular flexibility index (Phi) is 4.25. The average Bonchev–Trinajstić information content (AvgIpc) is 3.36. The van der Waals surface area contributed by atoms with Gasteiger partial charge in [-0.3, -0.25) is 0 Å². The lowest BCUT2D eigenvalue weighted by molar-refractivity contribution is -0.0508. The Bertz CT molecular complexity index is 1600. The molecule has 4 aliphatic rings. The molecule has 0 spiro atoms. The van der Waals surface area contributed by atoms with E-state index in [1.54, 1.807) is 7.11 Å². The lowest BCUT2D eigenvalue weighted by Gasteiger charge is -2.64. The first-order valence-corrected chi connectivity index (χ1v) is 13.5. The zero-order chi connectivity index (χ0) is 24.9. The highest BCUT2D eigenvalue weighted by Crippen LogP contribution is 2.76. The number of nitrogens with one attached hydrogen (secondary N) is 1. The fourth-order valence-electron chi connectivity index (χ4n) is 9.13. The molecule has 2 fully saturated rings. The molecule has 1 aliphatic heterocycles. The Hall–Kier alpha value is -3.50. The first-order valence-electron chi connectivity index (χ1n) is 13.5. The van der Waals surface area contributed by atoms with Crippen LogP contribution in [0.15, 0.2) is 72.3 Å². The molecular weight excluding hydrogens is 456 g/mol. The predicted octanol–water partition coefficient (Wildman–Crippen LogP) is 6.19. The van der Waals surface area contributed by atoms with Gasteiger partial charge >= 0.3 is 0 Å². The third-order valence-corrected chi connectivity index (χ3v) is 10.4. The number of piperidine rings is 1. The number of aromatic nitrogens is 1. The molecule has 3 aromatic carbocycles. The van der Waals surface area contributed by atoms with E-state index in [2.05, 4.69) is 83.7 Å². The second-order valence-corrected chi connectivity index (χ2v) is 11.7. The standard InChI is InChI=1S/C33H32N2O2/c1-35-15-14-33-28-22(16-20-8-4-3-5-9-20)18-32(33,19-24-23-10-6-7-11-25(23)34-30(24)28)27(35)17-21-12-13-26(37-2)31(36)29(21)33/h3-13,16,27-28,34,36H,14-15,17-19H2,1-2H3/b22-16+/t27-,28-,32+,33-/m1/s1. The molecule has 37 heavy (non-hydrogen) atoms. The number of benzene rings is 3. The average molecular weight is 489 g/mol. The van der Waals surface area contributed by atoms with Crippen LogP contribution in [0.3, 0.4) is 0 Å². The van der Waals surface area contributed by atoms with Crippen LogP contribution in [0, 0.1) is 5.41 Å². The molecule has 186 valence electrons. The molecule has 1 aromatic heterocycles. The van der Waals surface area contributed by atoms with Gasteiger partial charge in [0.1, 0.15) is 0 Å². The maximum absolute atomic E-state index is 11.8. The van der Waals surface area contributed by atoms with E-state index < -0.39 is 0 Å². The van der Waals surface area contributed by atoms with E-state index in [1.807, 2.05) is 6.07 Å². The summed E-state index contributed by atoms with van der Waals surface area (Å²) in [6.45, 7) is 1.03. The van der Waals surface area contributed by atoms with Crippen LogP contribution in [0.25, 0.3) is 17.0 Å². The van der Waals surface area contributed by atoms with Crippen LogP contribution in [0.5, 0.6) is 11.5 Å². The van der Waals surface area contributed by atoms with Crippen molar-refractivity contribution in [2.75, 3.05) is 20.7 Å². The highest BCUT2D eigenvalue weighted by atomic mass is 16.5. The van der Waals surface area contributed by atoms with Crippen molar-refractivity contribution in [3.05, 3.63) is 100 Å². The van der Waals surface area contributed by atoms with Crippen LogP contribution in [0.4, 0.5) is 0 Å². The van der Waals surface area contributed by atoms with Gasteiger partial charge in [0.15, 0.2) is 11.5 Å². The van der Waals surface area contributed by atoms with Gasteiger partial charge in [-0.1, -0.05) is 66.2 Å². The van der Waals surface area contributed by atoms with Gasteiger partial charge in [-0.25, -0.2) is 0 Å². The largest absolute Gasteiger partial charge is 0.504 e. The van der Waals surface area contributed by atoms with Crippen molar-refractivity contribution in [1.82, 2.24) is 9.88 Å². The molecule has 4 heteroatoms. The highest BCUT2D eigenvalue weighted by Gasteiger charge is 2.73. The number of likely N-dealkylation sites (N-methyl/N-ethyl adjacent to an activating group) is 1. The third-order valence-electron chi connectivity index (χ3n) is 10.4. The molecule has 4 nitrogen and oxygen atoms in total. The second-order valence-electron chi connectivity index (χ2n) is 11.7. The lowest BCUT2D eigenvalue weighted by Crippen LogP contribution is -2.67. The van der Waals surface area contributed by atoms with E-state index in [4.69, 9.17) is 4.74 Å². The van der Waals surface area contributed by atoms with E-state index in [9.17, 15) is 5.11 Å². The summed E-state index contributed by atoms with van der Waals surface area (Å²) in [7, 11) is 3.98. The number of H-pyrrole nitrogens is 1. The van der Waals surface area contributed by atoms with Crippen LogP contribution in [-0.4, -0.2) is 41.7 Å². The Balaban J connectivity index is 1.50. The number of aromatic hydroxyl groups is 1. The Morgan fingerprint density at radius 3 is 2.68 bits per heavy atom. The molecule has 8 rings (SSSR count). The van der Waals surface area contributed by atoms with E-state index in [1.165, 1.54) is 38.9 Å². The summed E-state index contributed by atoms with van der Waals surface area (Å²) in [5.74, 6) is 1.14. The van der Waals surface area contributed by atoms with Crippen molar-refractivity contribution >= 4 is 17.0 Å². The van der Waals surface area contributed by atoms with Crippen molar-refractivity contribution in [2.24, 2.45) is 5.41 Å². The van der Waals surface area contributed by atoms with E-state index in [0.29, 0.717) is 17.5 Å². The molecule has 2 heterocycles. The number of hydrogen-bond acceptors (Lipinski definition) is 3. The molecule has 0 unspecified atom stereocenters. The van der Waals surface area contributed by atoms with Crippen LogP contribution in [-0.2, 0) is 18.3 Å². The normalized spacial score (nSPS) is 30.7. The van der Waals surface area contributed by atoms with Crippen molar-refractivity contribution in [3.8, 4) is 11.5 Å². The maximum Gasteiger partial charge on any atom is 0.161 e. The molecule has 4 atom stereocenters. The quantitative estimate of drug-likeness (QED) is 0.354. The number of fused-ring (bicyclic) bond motifs is 5. The zero-order valence-electron chi connectivity index (χ0n) is 21.4. The maximum atomic E-state index is 11.8.